The van der Waals surface area contributed by atoms with Crippen LogP contribution >= 0.6 is 0 Å². The molecule has 3 rings (SSSR count). The van der Waals surface area contributed by atoms with Crippen LogP contribution in [0.5, 0.6) is 0 Å². The van der Waals surface area contributed by atoms with Crippen LogP contribution in [0.3, 0.4) is 0 Å². The number of hydrogen-bond acceptors (Lipinski definition) is 4. The van der Waals surface area contributed by atoms with Gasteiger partial charge >= 0.3 is 0 Å². The highest BCUT2D eigenvalue weighted by Gasteiger charge is 2.46. The van der Waals surface area contributed by atoms with Gasteiger partial charge in [0.2, 0.25) is 11.8 Å². The lowest BCUT2D eigenvalue weighted by molar-refractivity contribution is -0.130. The minimum Gasteiger partial charge on any atom is -0.482 e. The van der Waals surface area contributed by atoms with Crippen LogP contribution in [0.2, 0.25) is 0 Å². The zero-order chi connectivity index (χ0) is 14.1. The summed E-state index contributed by atoms with van der Waals surface area (Å²) in [5.41, 5.74) is 1.04. The summed E-state index contributed by atoms with van der Waals surface area (Å²) < 4.78 is 5.31. The first kappa shape index (κ1) is 12.7. The van der Waals surface area contributed by atoms with Crippen molar-refractivity contribution in [1.82, 2.24) is 4.90 Å². The van der Waals surface area contributed by atoms with E-state index in [1.807, 2.05) is 36.4 Å². The van der Waals surface area contributed by atoms with E-state index in [-0.39, 0.29) is 24.0 Å². The van der Waals surface area contributed by atoms with Crippen LogP contribution in [-0.2, 0) is 14.4 Å². The lowest BCUT2D eigenvalue weighted by Crippen LogP contribution is -2.43. The van der Waals surface area contributed by atoms with E-state index in [0.717, 1.165) is 5.56 Å². The number of carbonyl (C=O) groups is 1. The summed E-state index contributed by atoms with van der Waals surface area (Å²) in [4.78, 5) is 19.0. The van der Waals surface area contributed by atoms with Crippen LogP contribution < -0.4 is 0 Å². The van der Waals surface area contributed by atoms with Crippen LogP contribution in [0.4, 0.5) is 0 Å². The first-order chi connectivity index (χ1) is 9.72. The zero-order valence-corrected chi connectivity index (χ0v) is 11.4. The van der Waals surface area contributed by atoms with Gasteiger partial charge in [0.25, 0.3) is 0 Å². The molecule has 3 atom stereocenters. The van der Waals surface area contributed by atoms with Gasteiger partial charge in [-0.1, -0.05) is 35.5 Å². The fourth-order valence-corrected chi connectivity index (χ4v) is 2.78. The number of nitrogens with zero attached hydrogens (tertiary/aromatic N) is 2. The normalized spacial score (nSPS) is 27.6. The molecule has 0 aromatic heterocycles. The molecule has 1 amide bonds. The topological polar surface area (TPSA) is 51.1 Å². The molecular weight excluding hydrogens is 256 g/mol. The molecule has 5 heteroatoms. The van der Waals surface area contributed by atoms with Gasteiger partial charge in [-0.15, -0.1) is 0 Å². The van der Waals surface area contributed by atoms with Gasteiger partial charge in [-0.05, 0) is 11.6 Å². The maximum atomic E-state index is 11.9. The largest absolute Gasteiger partial charge is 0.482 e. The fourth-order valence-electron chi connectivity index (χ4n) is 2.78. The third-order valence-corrected chi connectivity index (χ3v) is 3.69. The lowest BCUT2D eigenvalue weighted by atomic mass is 9.85. The second-order valence-corrected chi connectivity index (χ2v) is 4.85. The number of oxime groups is 1. The third-order valence-electron chi connectivity index (χ3n) is 3.69. The number of fused-ring (bicyclic) bond motifs is 1. The molecule has 1 aromatic carbocycles. The quantitative estimate of drug-likeness (QED) is 0.786. The molecule has 5 nitrogen and oxygen atoms in total. The number of benzene rings is 1. The van der Waals surface area contributed by atoms with Crippen LogP contribution in [0, 0.1) is 5.92 Å². The highest BCUT2D eigenvalue weighted by atomic mass is 16.7. The summed E-state index contributed by atoms with van der Waals surface area (Å²) in [6.07, 6.45) is 3.43. The van der Waals surface area contributed by atoms with E-state index in [1.54, 1.807) is 25.1 Å². The Hall–Kier alpha value is -2.30. The van der Waals surface area contributed by atoms with Crippen molar-refractivity contribution in [2.75, 3.05) is 7.11 Å². The average Bonchev–Trinajstić information content (AvgIpc) is 2.90. The Morgan fingerprint density at radius 2 is 2.10 bits per heavy atom. The van der Waals surface area contributed by atoms with Crippen LogP contribution in [-0.4, -0.2) is 29.9 Å². The van der Waals surface area contributed by atoms with Gasteiger partial charge in [-0.25, -0.2) is 0 Å². The molecule has 0 fully saturated rings. The molecule has 2 aliphatic heterocycles. The first-order valence-electron chi connectivity index (χ1n) is 6.52. The minimum atomic E-state index is -0.189. The molecule has 0 unspecified atom stereocenters. The summed E-state index contributed by atoms with van der Waals surface area (Å²) in [6.45, 7) is 1.56. The third kappa shape index (κ3) is 1.95. The highest BCUT2D eigenvalue weighted by Crippen LogP contribution is 2.40. The molecule has 0 saturated carbocycles. The molecule has 2 heterocycles. The van der Waals surface area contributed by atoms with E-state index >= 15 is 0 Å². The highest BCUT2D eigenvalue weighted by molar-refractivity contribution is 5.84. The van der Waals surface area contributed by atoms with E-state index in [4.69, 9.17) is 9.57 Å². The summed E-state index contributed by atoms with van der Waals surface area (Å²) in [5, 5.41) is 3.97. The van der Waals surface area contributed by atoms with Crippen molar-refractivity contribution in [2.24, 2.45) is 11.1 Å². The predicted octanol–water partition coefficient (Wildman–Crippen LogP) is 2.08. The van der Waals surface area contributed by atoms with Gasteiger partial charge < -0.3 is 14.5 Å². The van der Waals surface area contributed by atoms with E-state index in [0.29, 0.717) is 5.90 Å². The first-order valence-corrected chi connectivity index (χ1v) is 6.52. The van der Waals surface area contributed by atoms with Gasteiger partial charge in [0.1, 0.15) is 5.92 Å². The maximum absolute atomic E-state index is 11.9. The maximum Gasteiger partial charge on any atom is 0.235 e. The van der Waals surface area contributed by atoms with Crippen molar-refractivity contribution >= 4 is 11.8 Å². The number of amides is 1. The smallest absolute Gasteiger partial charge is 0.235 e. The Bertz CT molecular complexity index is 568. The SMILES string of the molecule is COC1=NO[C@@H]2C=CN(C(C)=O)[C@@H](c3ccccc3)[C@H]12. The summed E-state index contributed by atoms with van der Waals surface area (Å²) in [7, 11) is 1.57. The molecule has 1 aromatic rings. The summed E-state index contributed by atoms with van der Waals surface area (Å²) in [6, 6.07) is 9.71. The number of rotatable bonds is 1. The van der Waals surface area contributed by atoms with E-state index < -0.39 is 0 Å². The molecule has 0 spiro atoms. The Morgan fingerprint density at radius 1 is 1.35 bits per heavy atom. The van der Waals surface area contributed by atoms with Crippen LogP contribution in [0.1, 0.15) is 18.5 Å². The molecule has 0 N–H and O–H groups in total. The summed E-state index contributed by atoms with van der Waals surface area (Å²) >= 11 is 0. The number of carbonyl (C=O) groups excluding carboxylic acids is 1. The molecular formula is C15H16N2O3. The number of hydrogen-bond donors (Lipinski definition) is 0. The summed E-state index contributed by atoms with van der Waals surface area (Å²) in [5.74, 6) is 0.395. The second-order valence-electron chi connectivity index (χ2n) is 4.85. The number of ether oxygens (including phenoxy) is 1. The standard InChI is InChI=1S/C15H16N2O3/c1-10(18)17-9-8-12-13(15(19-2)16-20-12)14(17)11-6-4-3-5-7-11/h3-9,12-14H,1-2H3/t12-,13-,14+/m1/s1. The lowest BCUT2D eigenvalue weighted by Gasteiger charge is -2.37. The van der Waals surface area contributed by atoms with Gasteiger partial charge in [-0.2, -0.15) is 0 Å². The Morgan fingerprint density at radius 3 is 2.75 bits per heavy atom. The fraction of sp³-hybridized carbons (Fsp3) is 0.333. The molecule has 0 bridgehead atoms. The zero-order valence-electron chi connectivity index (χ0n) is 11.4. The van der Waals surface area contributed by atoms with Gasteiger partial charge in [0, 0.05) is 13.1 Å². The second kappa shape index (κ2) is 5.00. The van der Waals surface area contributed by atoms with Crippen LogP contribution in [0.15, 0.2) is 47.8 Å². The van der Waals surface area contributed by atoms with Crippen molar-refractivity contribution in [1.29, 1.82) is 0 Å². The Kier molecular flexibility index (Phi) is 3.18. The van der Waals surface area contributed by atoms with Crippen LogP contribution in [0.25, 0.3) is 0 Å². The van der Waals surface area contributed by atoms with E-state index in [1.165, 1.54) is 0 Å². The van der Waals surface area contributed by atoms with Crippen molar-refractivity contribution in [3.05, 3.63) is 48.2 Å². The minimum absolute atomic E-state index is 0.0177. The molecule has 0 radical (unpaired) electrons. The van der Waals surface area contributed by atoms with E-state index in [2.05, 4.69) is 5.16 Å². The predicted molar refractivity (Wildman–Crippen MR) is 73.7 cm³/mol. The molecule has 0 aliphatic carbocycles. The Labute approximate surface area is 117 Å². The van der Waals surface area contributed by atoms with Crippen molar-refractivity contribution < 1.29 is 14.4 Å². The van der Waals surface area contributed by atoms with Gasteiger partial charge in [0.05, 0.1) is 13.2 Å². The van der Waals surface area contributed by atoms with Gasteiger partial charge in [-0.3, -0.25) is 4.79 Å². The monoisotopic (exact) mass is 272 g/mol. The number of methoxy groups -OCH3 is 1. The molecule has 0 saturated heterocycles. The molecule has 104 valence electrons. The van der Waals surface area contributed by atoms with E-state index in [9.17, 15) is 4.79 Å². The molecule has 2 aliphatic rings. The van der Waals surface area contributed by atoms with Crippen molar-refractivity contribution in [3.8, 4) is 0 Å². The average molecular weight is 272 g/mol. The molecule has 20 heavy (non-hydrogen) atoms. The van der Waals surface area contributed by atoms with Crippen molar-refractivity contribution in [2.45, 2.75) is 19.1 Å². The Balaban J connectivity index is 2.06. The van der Waals surface area contributed by atoms with Crippen molar-refractivity contribution in [3.63, 3.8) is 0 Å². The van der Waals surface area contributed by atoms with Gasteiger partial charge in [0.15, 0.2) is 6.10 Å².